The zero-order chi connectivity index (χ0) is 11.7. The summed E-state index contributed by atoms with van der Waals surface area (Å²) in [6.45, 7) is 6.94. The maximum Gasteiger partial charge on any atom is 0.133 e. The van der Waals surface area contributed by atoms with Crippen LogP contribution in [0.15, 0.2) is 0 Å². The van der Waals surface area contributed by atoms with Gasteiger partial charge < -0.3 is 0 Å². The smallest absolute Gasteiger partial charge is 0.133 e. The molecule has 2 atom stereocenters. The van der Waals surface area contributed by atoms with E-state index in [1.807, 2.05) is 0 Å². The molecule has 0 bridgehead atoms. The molecule has 0 radical (unpaired) electrons. The second-order valence-electron chi connectivity index (χ2n) is 5.59. The lowest BCUT2D eigenvalue weighted by Crippen LogP contribution is -2.57. The van der Waals surface area contributed by atoms with Gasteiger partial charge in [-0.15, -0.1) is 0 Å². The Bertz CT molecular complexity index is 245. The van der Waals surface area contributed by atoms with Crippen molar-refractivity contribution in [3.63, 3.8) is 0 Å². The van der Waals surface area contributed by atoms with E-state index in [1.54, 1.807) is 0 Å². The van der Waals surface area contributed by atoms with Gasteiger partial charge in [-0.25, -0.2) is 0 Å². The van der Waals surface area contributed by atoms with E-state index in [0.29, 0.717) is 23.9 Å². The summed E-state index contributed by atoms with van der Waals surface area (Å²) in [4.78, 5) is 16.3. The first-order chi connectivity index (χ1) is 7.58. The zero-order valence-electron chi connectivity index (χ0n) is 10.8. The number of carbonyl (C=O) groups is 1. The third-order valence-corrected chi connectivity index (χ3v) is 4.42. The molecule has 2 fully saturated rings. The molecule has 0 amide bonds. The number of ketones is 1. The minimum Gasteiger partial charge on any atom is -0.300 e. The summed E-state index contributed by atoms with van der Waals surface area (Å²) in [5, 5.41) is 0. The average molecular weight is 224 g/mol. The van der Waals surface area contributed by atoms with Crippen molar-refractivity contribution in [2.45, 2.75) is 57.7 Å². The highest BCUT2D eigenvalue weighted by molar-refractivity contribution is 5.79. The van der Waals surface area contributed by atoms with Gasteiger partial charge in [0.15, 0.2) is 0 Å². The topological polar surface area (TPSA) is 23.6 Å². The van der Waals surface area contributed by atoms with Crippen LogP contribution in [0.1, 0.15) is 39.5 Å². The van der Waals surface area contributed by atoms with Gasteiger partial charge in [0.25, 0.3) is 0 Å². The minimum atomic E-state index is 0.464. The van der Waals surface area contributed by atoms with Crippen LogP contribution >= 0.6 is 0 Å². The van der Waals surface area contributed by atoms with E-state index in [0.717, 1.165) is 25.7 Å². The normalized spacial score (nSPS) is 35.6. The van der Waals surface area contributed by atoms with E-state index in [2.05, 4.69) is 30.7 Å². The van der Waals surface area contributed by atoms with Crippen molar-refractivity contribution in [2.75, 3.05) is 20.1 Å². The molecular weight excluding hydrogens is 200 g/mol. The van der Waals surface area contributed by atoms with Crippen LogP contribution in [0.2, 0.25) is 0 Å². The molecule has 1 heterocycles. The number of rotatable bonds is 1. The fraction of sp³-hybridized carbons (Fsp3) is 0.923. The largest absolute Gasteiger partial charge is 0.300 e. The van der Waals surface area contributed by atoms with E-state index >= 15 is 0 Å². The first kappa shape index (κ1) is 12.1. The predicted octanol–water partition coefficient (Wildman–Crippen LogP) is 1.52. The van der Waals surface area contributed by atoms with E-state index < -0.39 is 0 Å². The monoisotopic (exact) mass is 224 g/mol. The van der Waals surface area contributed by atoms with Crippen molar-refractivity contribution < 1.29 is 4.79 Å². The summed E-state index contributed by atoms with van der Waals surface area (Å²) in [6.07, 6.45) is 3.78. The van der Waals surface area contributed by atoms with Gasteiger partial charge in [-0.2, -0.15) is 0 Å². The summed E-state index contributed by atoms with van der Waals surface area (Å²) < 4.78 is 0. The number of hydrogen-bond acceptors (Lipinski definition) is 3. The maximum atomic E-state index is 11.2. The molecule has 0 aromatic carbocycles. The molecule has 0 aromatic heterocycles. The number of piperazine rings is 1. The van der Waals surface area contributed by atoms with Crippen molar-refractivity contribution in [2.24, 2.45) is 0 Å². The van der Waals surface area contributed by atoms with Gasteiger partial charge in [0.05, 0.1) is 0 Å². The third-order valence-electron chi connectivity index (χ3n) is 4.42. The molecule has 92 valence electrons. The van der Waals surface area contributed by atoms with Gasteiger partial charge >= 0.3 is 0 Å². The highest BCUT2D eigenvalue weighted by atomic mass is 16.1. The van der Waals surface area contributed by atoms with E-state index in [1.165, 1.54) is 13.1 Å². The van der Waals surface area contributed by atoms with Crippen LogP contribution in [0.3, 0.4) is 0 Å². The van der Waals surface area contributed by atoms with E-state index in [9.17, 15) is 4.79 Å². The molecular formula is C13H24N2O. The second-order valence-corrected chi connectivity index (χ2v) is 5.59. The highest BCUT2D eigenvalue weighted by Crippen LogP contribution is 2.24. The Hall–Kier alpha value is -0.410. The number of nitrogens with zero attached hydrogens (tertiary/aromatic N) is 2. The fourth-order valence-corrected chi connectivity index (χ4v) is 3.03. The Morgan fingerprint density at radius 1 is 1.06 bits per heavy atom. The van der Waals surface area contributed by atoms with Crippen molar-refractivity contribution >= 4 is 5.78 Å². The number of hydrogen-bond donors (Lipinski definition) is 0. The maximum absolute atomic E-state index is 11.2. The molecule has 3 heteroatoms. The molecule has 1 aliphatic heterocycles. The lowest BCUT2D eigenvalue weighted by atomic mass is 9.91. The van der Waals surface area contributed by atoms with Crippen molar-refractivity contribution in [1.29, 1.82) is 0 Å². The standard InChI is InChI=1S/C13H24N2O/c1-10-8-15(9-11(2)14(10)3)12-4-6-13(16)7-5-12/h10-12H,4-9H2,1-3H3. The van der Waals surface area contributed by atoms with Crippen LogP contribution in [0.5, 0.6) is 0 Å². The molecule has 0 N–H and O–H groups in total. The highest BCUT2D eigenvalue weighted by Gasteiger charge is 2.32. The second kappa shape index (κ2) is 4.84. The van der Waals surface area contributed by atoms with Gasteiger partial charge in [-0.1, -0.05) is 0 Å². The van der Waals surface area contributed by atoms with Crippen LogP contribution < -0.4 is 0 Å². The van der Waals surface area contributed by atoms with Gasteiger partial charge in [0, 0.05) is 44.1 Å². The Kier molecular flexibility index (Phi) is 3.65. The van der Waals surface area contributed by atoms with Crippen molar-refractivity contribution in [1.82, 2.24) is 9.80 Å². The average Bonchev–Trinajstić information content (AvgIpc) is 2.26. The molecule has 1 saturated heterocycles. The summed E-state index contributed by atoms with van der Waals surface area (Å²) in [6, 6.07) is 1.94. The Labute approximate surface area is 98.8 Å². The summed E-state index contributed by atoms with van der Waals surface area (Å²) in [5.41, 5.74) is 0. The Balaban J connectivity index is 1.92. The molecule has 3 nitrogen and oxygen atoms in total. The first-order valence-corrected chi connectivity index (χ1v) is 6.55. The number of likely N-dealkylation sites (N-methyl/N-ethyl adjacent to an activating group) is 1. The third kappa shape index (κ3) is 2.46. The molecule has 16 heavy (non-hydrogen) atoms. The molecule has 2 aliphatic rings. The first-order valence-electron chi connectivity index (χ1n) is 6.55. The van der Waals surface area contributed by atoms with E-state index in [4.69, 9.17) is 0 Å². The predicted molar refractivity (Wildman–Crippen MR) is 65.5 cm³/mol. The quantitative estimate of drug-likeness (QED) is 0.675. The summed E-state index contributed by atoms with van der Waals surface area (Å²) in [7, 11) is 2.22. The van der Waals surface area contributed by atoms with Gasteiger partial charge in [-0.05, 0) is 33.7 Å². The lowest BCUT2D eigenvalue weighted by molar-refractivity contribution is -0.121. The Morgan fingerprint density at radius 3 is 2.06 bits per heavy atom. The van der Waals surface area contributed by atoms with Crippen LogP contribution in [-0.2, 0) is 4.79 Å². The molecule has 1 saturated carbocycles. The lowest BCUT2D eigenvalue weighted by Gasteiger charge is -2.46. The number of carbonyl (C=O) groups excluding carboxylic acids is 1. The van der Waals surface area contributed by atoms with Gasteiger partial charge in [-0.3, -0.25) is 14.6 Å². The van der Waals surface area contributed by atoms with Crippen molar-refractivity contribution in [3.8, 4) is 0 Å². The molecule has 1 aliphatic carbocycles. The molecule has 0 spiro atoms. The fourth-order valence-electron chi connectivity index (χ4n) is 3.03. The molecule has 2 unspecified atom stereocenters. The minimum absolute atomic E-state index is 0.464. The Morgan fingerprint density at radius 2 is 1.56 bits per heavy atom. The SMILES string of the molecule is CC1CN(C2CCC(=O)CC2)CC(C)N1C. The van der Waals surface area contributed by atoms with Crippen LogP contribution in [0.25, 0.3) is 0 Å². The zero-order valence-corrected chi connectivity index (χ0v) is 10.8. The van der Waals surface area contributed by atoms with Crippen LogP contribution in [0.4, 0.5) is 0 Å². The summed E-state index contributed by atoms with van der Waals surface area (Å²) in [5.74, 6) is 0.464. The number of Topliss-reactive ketones (excluding diaryl/α,β-unsaturated/α-hetero) is 1. The van der Waals surface area contributed by atoms with Crippen LogP contribution in [0, 0.1) is 0 Å². The van der Waals surface area contributed by atoms with Crippen molar-refractivity contribution in [3.05, 3.63) is 0 Å². The van der Waals surface area contributed by atoms with Gasteiger partial charge in [0.2, 0.25) is 0 Å². The van der Waals surface area contributed by atoms with Gasteiger partial charge in [0.1, 0.15) is 5.78 Å². The summed E-state index contributed by atoms with van der Waals surface area (Å²) >= 11 is 0. The van der Waals surface area contributed by atoms with Crippen LogP contribution in [-0.4, -0.2) is 53.8 Å². The van der Waals surface area contributed by atoms with E-state index in [-0.39, 0.29) is 0 Å². The molecule has 0 aromatic rings. The molecule has 2 rings (SSSR count).